The van der Waals surface area contributed by atoms with Crippen LogP contribution in [0.4, 0.5) is 16.4 Å². The highest BCUT2D eigenvalue weighted by atomic mass is 16.2. The SMILES string of the molecule is CN(C)C(=O)NC1=CN=CC(c2ccc3[nH]nc(C(=O)Nc4cnc(N)nc4)c3c2)C1. The van der Waals surface area contributed by atoms with Crippen molar-refractivity contribution >= 4 is 40.7 Å². The summed E-state index contributed by atoms with van der Waals surface area (Å²) in [5.74, 6) is -0.326. The van der Waals surface area contributed by atoms with E-state index in [1.165, 1.54) is 17.3 Å². The van der Waals surface area contributed by atoms with Gasteiger partial charge in [0.15, 0.2) is 5.69 Å². The molecule has 0 fully saturated rings. The number of carbonyl (C=O) groups excluding carboxylic acids is 2. The van der Waals surface area contributed by atoms with Crippen LogP contribution in [0.15, 0.2) is 47.5 Å². The minimum Gasteiger partial charge on any atom is -0.368 e. The van der Waals surface area contributed by atoms with Gasteiger partial charge in [0.1, 0.15) is 0 Å². The van der Waals surface area contributed by atoms with Gasteiger partial charge in [-0.3, -0.25) is 14.9 Å². The van der Waals surface area contributed by atoms with Crippen molar-refractivity contribution in [2.24, 2.45) is 4.99 Å². The molecule has 1 aliphatic heterocycles. The highest BCUT2D eigenvalue weighted by Gasteiger charge is 2.20. The van der Waals surface area contributed by atoms with Crippen LogP contribution in [0, 0.1) is 0 Å². The van der Waals surface area contributed by atoms with Crippen LogP contribution in [-0.2, 0) is 0 Å². The fourth-order valence-electron chi connectivity index (χ4n) is 3.14. The maximum absolute atomic E-state index is 12.7. The number of hydrogen-bond donors (Lipinski definition) is 4. The van der Waals surface area contributed by atoms with Crippen molar-refractivity contribution in [1.29, 1.82) is 0 Å². The third-order valence-electron chi connectivity index (χ3n) is 4.77. The van der Waals surface area contributed by atoms with Crippen LogP contribution in [0.3, 0.4) is 0 Å². The van der Waals surface area contributed by atoms with Crippen molar-refractivity contribution < 1.29 is 9.59 Å². The van der Waals surface area contributed by atoms with Gasteiger partial charge in [0, 0.05) is 49.9 Å². The number of benzene rings is 1. The standard InChI is InChI=1S/C20H21N9O2/c1-29(2)20(31)26-13-5-12(7-22-8-13)11-3-4-16-15(6-11)17(28-27-16)18(30)25-14-9-23-19(21)24-10-14/h3-4,6-10,12H,5H2,1-2H3,(H,25,30)(H,26,31)(H,27,28)(H2,21,23,24). The molecule has 0 aliphatic carbocycles. The maximum atomic E-state index is 12.7. The number of aromatic amines is 1. The molecule has 0 radical (unpaired) electrons. The van der Waals surface area contributed by atoms with Gasteiger partial charge in [-0.1, -0.05) is 6.07 Å². The van der Waals surface area contributed by atoms with Gasteiger partial charge in [-0.05, 0) is 17.7 Å². The maximum Gasteiger partial charge on any atom is 0.321 e. The summed E-state index contributed by atoms with van der Waals surface area (Å²) >= 11 is 0. The Morgan fingerprint density at radius 3 is 2.71 bits per heavy atom. The number of rotatable bonds is 4. The molecule has 1 atom stereocenters. The molecule has 0 spiro atoms. The molecule has 0 saturated heterocycles. The molecule has 1 aliphatic rings. The summed E-state index contributed by atoms with van der Waals surface area (Å²) in [6.45, 7) is 0. The molecule has 31 heavy (non-hydrogen) atoms. The third kappa shape index (κ3) is 4.34. The molecular weight excluding hydrogens is 398 g/mol. The van der Waals surface area contributed by atoms with Crippen LogP contribution in [0.5, 0.6) is 0 Å². The number of nitrogens with zero attached hydrogens (tertiary/aromatic N) is 5. The van der Waals surface area contributed by atoms with E-state index in [1.54, 1.807) is 20.3 Å². The lowest BCUT2D eigenvalue weighted by molar-refractivity contribution is 0.102. The number of anilines is 2. The highest BCUT2D eigenvalue weighted by molar-refractivity contribution is 6.11. The summed E-state index contributed by atoms with van der Waals surface area (Å²) in [5, 5.41) is 13.3. The molecule has 11 nitrogen and oxygen atoms in total. The number of nitrogens with two attached hydrogens (primary N) is 1. The first-order valence-corrected chi connectivity index (χ1v) is 9.48. The molecular formula is C20H21N9O2. The molecule has 4 rings (SSSR count). The number of allylic oxidation sites excluding steroid dienone is 1. The van der Waals surface area contributed by atoms with E-state index in [4.69, 9.17) is 5.73 Å². The molecule has 158 valence electrons. The number of carbonyl (C=O) groups is 2. The Morgan fingerprint density at radius 1 is 1.19 bits per heavy atom. The zero-order valence-corrected chi connectivity index (χ0v) is 17.0. The van der Waals surface area contributed by atoms with E-state index in [-0.39, 0.29) is 23.6 Å². The molecule has 5 N–H and O–H groups in total. The number of H-pyrrole nitrogens is 1. The van der Waals surface area contributed by atoms with Gasteiger partial charge in [-0.25, -0.2) is 14.8 Å². The fourth-order valence-corrected chi connectivity index (χ4v) is 3.14. The van der Waals surface area contributed by atoms with Gasteiger partial charge in [0.25, 0.3) is 5.91 Å². The summed E-state index contributed by atoms with van der Waals surface area (Å²) in [6, 6.07) is 5.51. The number of nitrogen functional groups attached to an aromatic ring is 1. The normalized spacial score (nSPS) is 15.4. The van der Waals surface area contributed by atoms with Gasteiger partial charge in [-0.2, -0.15) is 5.10 Å². The molecule has 3 aromatic rings. The minimum absolute atomic E-state index is 0.0526. The van der Waals surface area contributed by atoms with Gasteiger partial charge in [0.2, 0.25) is 5.95 Å². The topological polar surface area (TPSA) is 154 Å². The van der Waals surface area contributed by atoms with E-state index < -0.39 is 5.91 Å². The van der Waals surface area contributed by atoms with Crippen molar-refractivity contribution in [2.75, 3.05) is 25.1 Å². The summed E-state index contributed by atoms with van der Waals surface area (Å²) in [4.78, 5) is 38.1. The van der Waals surface area contributed by atoms with Gasteiger partial charge >= 0.3 is 6.03 Å². The van der Waals surface area contributed by atoms with E-state index >= 15 is 0 Å². The highest BCUT2D eigenvalue weighted by Crippen LogP contribution is 2.28. The van der Waals surface area contributed by atoms with Crippen LogP contribution in [-0.4, -0.2) is 57.3 Å². The first-order chi connectivity index (χ1) is 14.9. The number of urea groups is 1. The first kappa shape index (κ1) is 20.0. The Morgan fingerprint density at radius 2 is 1.97 bits per heavy atom. The van der Waals surface area contributed by atoms with E-state index in [0.717, 1.165) is 16.8 Å². The lowest BCUT2D eigenvalue weighted by Gasteiger charge is -2.20. The average Bonchev–Trinajstić information content (AvgIpc) is 3.19. The summed E-state index contributed by atoms with van der Waals surface area (Å²) in [7, 11) is 3.35. The molecule has 0 saturated carbocycles. The van der Waals surface area contributed by atoms with E-state index in [0.29, 0.717) is 17.5 Å². The minimum atomic E-state index is -0.395. The van der Waals surface area contributed by atoms with Crippen molar-refractivity contribution in [3.8, 4) is 0 Å². The van der Waals surface area contributed by atoms with Gasteiger partial charge in [-0.15, -0.1) is 0 Å². The number of nitrogens with one attached hydrogen (secondary N) is 3. The van der Waals surface area contributed by atoms with Crippen molar-refractivity contribution in [3.63, 3.8) is 0 Å². The summed E-state index contributed by atoms with van der Waals surface area (Å²) < 4.78 is 0. The Balaban J connectivity index is 1.55. The smallest absolute Gasteiger partial charge is 0.321 e. The predicted octanol–water partition coefficient (Wildman–Crippen LogP) is 1.86. The zero-order valence-electron chi connectivity index (χ0n) is 17.0. The second kappa shape index (κ2) is 8.22. The van der Waals surface area contributed by atoms with Gasteiger partial charge < -0.3 is 21.3 Å². The summed E-state index contributed by atoms with van der Waals surface area (Å²) in [6.07, 6.45) is 6.89. The molecule has 11 heteroatoms. The second-order valence-corrected chi connectivity index (χ2v) is 7.25. The number of hydrogen-bond acceptors (Lipinski definition) is 7. The lowest BCUT2D eigenvalue weighted by Crippen LogP contribution is -2.34. The molecule has 2 aromatic heterocycles. The Labute approximate surface area is 177 Å². The van der Waals surface area contributed by atoms with Crippen LogP contribution < -0.4 is 16.4 Å². The predicted molar refractivity (Wildman–Crippen MR) is 117 cm³/mol. The molecule has 3 heterocycles. The van der Waals surface area contributed by atoms with Crippen molar-refractivity contribution in [2.45, 2.75) is 12.3 Å². The molecule has 0 bridgehead atoms. The lowest BCUT2D eigenvalue weighted by atomic mass is 9.93. The van der Waals surface area contributed by atoms with Crippen LogP contribution >= 0.6 is 0 Å². The zero-order chi connectivity index (χ0) is 22.0. The van der Waals surface area contributed by atoms with Crippen molar-refractivity contribution in [1.82, 2.24) is 30.4 Å². The average molecular weight is 419 g/mol. The van der Waals surface area contributed by atoms with Crippen molar-refractivity contribution in [3.05, 3.63) is 53.7 Å². The molecule has 1 aromatic carbocycles. The van der Waals surface area contributed by atoms with Crippen LogP contribution in [0.25, 0.3) is 10.9 Å². The summed E-state index contributed by atoms with van der Waals surface area (Å²) in [5.41, 5.74) is 8.54. The third-order valence-corrected chi connectivity index (χ3v) is 4.77. The number of aromatic nitrogens is 4. The van der Waals surface area contributed by atoms with Crippen LogP contribution in [0.1, 0.15) is 28.4 Å². The number of fused-ring (bicyclic) bond motifs is 1. The van der Waals surface area contributed by atoms with E-state index in [2.05, 4.69) is 35.8 Å². The molecule has 1 unspecified atom stereocenters. The van der Waals surface area contributed by atoms with Gasteiger partial charge in [0.05, 0.1) is 23.6 Å². The van der Waals surface area contributed by atoms with E-state index in [1.807, 2.05) is 24.4 Å². The monoisotopic (exact) mass is 419 g/mol. The molecule has 3 amide bonds. The Bertz CT molecular complexity index is 1200. The number of aliphatic imine (C=N–C) groups is 1. The Kier molecular flexibility index (Phi) is 5.31. The first-order valence-electron chi connectivity index (χ1n) is 9.48. The largest absolute Gasteiger partial charge is 0.368 e. The second-order valence-electron chi connectivity index (χ2n) is 7.25. The van der Waals surface area contributed by atoms with Crippen LogP contribution in [0.2, 0.25) is 0 Å². The number of amides is 3. The fraction of sp³-hybridized carbons (Fsp3) is 0.200. The Hall–Kier alpha value is -4.28. The quantitative estimate of drug-likeness (QED) is 0.506. The van der Waals surface area contributed by atoms with E-state index in [9.17, 15) is 9.59 Å².